The van der Waals surface area contributed by atoms with Crippen LogP contribution in [0.25, 0.3) is 0 Å². The molecule has 0 aliphatic carbocycles. The molecule has 0 radical (unpaired) electrons. The van der Waals surface area contributed by atoms with Crippen molar-refractivity contribution in [2.75, 3.05) is 19.3 Å². The molecule has 1 aliphatic heterocycles. The molecule has 0 unspecified atom stereocenters. The van der Waals surface area contributed by atoms with Crippen molar-refractivity contribution in [3.63, 3.8) is 0 Å². The van der Waals surface area contributed by atoms with Crippen LogP contribution in [0, 0.1) is 5.92 Å². The third kappa shape index (κ3) is 2.63. The molecule has 1 N–H and O–H groups in total. The van der Waals surface area contributed by atoms with Crippen LogP contribution in [0.3, 0.4) is 0 Å². The van der Waals surface area contributed by atoms with Gasteiger partial charge in [0.1, 0.15) is 0 Å². The highest BCUT2D eigenvalue weighted by atomic mass is 31.1. The van der Waals surface area contributed by atoms with Crippen LogP contribution in [0.4, 0.5) is 0 Å². The average Bonchev–Trinajstić information content (AvgIpc) is 1.88. The molecule has 0 aromatic carbocycles. The van der Waals surface area contributed by atoms with E-state index in [-0.39, 0.29) is 0 Å². The SMILES string of the molecule is O=P(=O)CC1CCNCC1. The molecule has 1 heterocycles. The van der Waals surface area contributed by atoms with Crippen LogP contribution in [-0.2, 0) is 9.13 Å². The van der Waals surface area contributed by atoms with E-state index in [4.69, 9.17) is 0 Å². The van der Waals surface area contributed by atoms with Crippen molar-refractivity contribution in [1.29, 1.82) is 0 Å². The summed E-state index contributed by atoms with van der Waals surface area (Å²) in [6.07, 6.45) is 2.42. The molecule has 0 spiro atoms. The fourth-order valence-electron chi connectivity index (χ4n) is 1.28. The van der Waals surface area contributed by atoms with Gasteiger partial charge in [-0.15, -0.1) is 0 Å². The predicted molar refractivity (Wildman–Crippen MR) is 38.8 cm³/mol. The Bertz CT molecular complexity index is 153. The summed E-state index contributed by atoms with van der Waals surface area (Å²) in [5, 5.41) is 3.19. The molecule has 58 valence electrons. The Kier molecular flexibility index (Phi) is 3.10. The van der Waals surface area contributed by atoms with Gasteiger partial charge in [-0.1, -0.05) is 0 Å². The normalized spacial score (nSPS) is 20.8. The third-order valence-electron chi connectivity index (χ3n) is 1.87. The van der Waals surface area contributed by atoms with Gasteiger partial charge in [0.15, 0.2) is 0 Å². The summed E-state index contributed by atoms with van der Waals surface area (Å²) < 4.78 is 20.6. The zero-order valence-electron chi connectivity index (χ0n) is 5.88. The highest BCUT2D eigenvalue weighted by molar-refractivity contribution is 7.30. The maximum absolute atomic E-state index is 10.3. The van der Waals surface area contributed by atoms with Crippen molar-refractivity contribution in [1.82, 2.24) is 5.32 Å². The first-order valence-electron chi connectivity index (χ1n) is 3.61. The standard InChI is InChI=1S/C6H12NO2P/c8-10(9)5-6-1-3-7-4-2-6/h6-7H,1-5H2. The van der Waals surface area contributed by atoms with Crippen molar-refractivity contribution in [2.45, 2.75) is 12.8 Å². The summed E-state index contributed by atoms with van der Waals surface area (Å²) in [5.74, 6) is 0.419. The summed E-state index contributed by atoms with van der Waals surface area (Å²) in [5.41, 5.74) is 0. The second-order valence-electron chi connectivity index (χ2n) is 2.71. The molecule has 0 aromatic heterocycles. The Morgan fingerprint density at radius 2 is 1.90 bits per heavy atom. The topological polar surface area (TPSA) is 46.2 Å². The lowest BCUT2D eigenvalue weighted by atomic mass is 10.0. The molecule has 0 atom stereocenters. The van der Waals surface area contributed by atoms with Gasteiger partial charge in [0.05, 0.1) is 6.16 Å². The number of nitrogens with one attached hydrogen (secondary N) is 1. The van der Waals surface area contributed by atoms with Crippen molar-refractivity contribution in [3.8, 4) is 0 Å². The molecule has 10 heavy (non-hydrogen) atoms. The molecule has 3 nitrogen and oxygen atoms in total. The van der Waals surface area contributed by atoms with E-state index in [1.807, 2.05) is 0 Å². The lowest BCUT2D eigenvalue weighted by Gasteiger charge is -2.19. The van der Waals surface area contributed by atoms with Gasteiger partial charge in [-0.25, -0.2) is 9.13 Å². The second kappa shape index (κ2) is 3.89. The Labute approximate surface area is 61.0 Å². The van der Waals surface area contributed by atoms with E-state index in [1.54, 1.807) is 0 Å². The lowest BCUT2D eigenvalue weighted by molar-refractivity contribution is 0.397. The van der Waals surface area contributed by atoms with Crippen LogP contribution in [0.1, 0.15) is 12.8 Å². The van der Waals surface area contributed by atoms with Gasteiger partial charge in [0.25, 0.3) is 0 Å². The van der Waals surface area contributed by atoms with Crippen LogP contribution in [-0.4, -0.2) is 19.3 Å². The Morgan fingerprint density at radius 1 is 1.30 bits per heavy atom. The van der Waals surface area contributed by atoms with E-state index in [0.717, 1.165) is 25.9 Å². The van der Waals surface area contributed by atoms with E-state index >= 15 is 0 Å². The first-order valence-corrected chi connectivity index (χ1v) is 4.98. The van der Waals surface area contributed by atoms with E-state index in [2.05, 4.69) is 5.32 Å². The zero-order chi connectivity index (χ0) is 7.40. The van der Waals surface area contributed by atoms with Gasteiger partial charge < -0.3 is 5.32 Å². The van der Waals surface area contributed by atoms with Crippen LogP contribution >= 0.6 is 7.68 Å². The summed E-state index contributed by atoms with van der Waals surface area (Å²) in [4.78, 5) is 0. The minimum atomic E-state index is -2.15. The minimum absolute atomic E-state index is 0.386. The number of hydrogen-bond donors (Lipinski definition) is 1. The molecule has 0 aromatic rings. The molecule has 1 saturated heterocycles. The van der Waals surface area contributed by atoms with E-state index in [0.29, 0.717) is 12.1 Å². The maximum Gasteiger partial charge on any atom is 0.315 e. The van der Waals surface area contributed by atoms with Gasteiger partial charge >= 0.3 is 7.68 Å². The van der Waals surface area contributed by atoms with Crippen molar-refractivity contribution in [2.24, 2.45) is 5.92 Å². The van der Waals surface area contributed by atoms with Crippen LogP contribution in [0.5, 0.6) is 0 Å². The second-order valence-corrected chi connectivity index (χ2v) is 3.74. The average molecular weight is 161 g/mol. The zero-order valence-corrected chi connectivity index (χ0v) is 6.77. The predicted octanol–water partition coefficient (Wildman–Crippen LogP) is 1.16. The lowest BCUT2D eigenvalue weighted by Crippen LogP contribution is -2.28. The monoisotopic (exact) mass is 161 g/mol. The van der Waals surface area contributed by atoms with Gasteiger partial charge in [0.2, 0.25) is 0 Å². The molecule has 0 saturated carbocycles. The van der Waals surface area contributed by atoms with Crippen molar-refractivity contribution in [3.05, 3.63) is 0 Å². The largest absolute Gasteiger partial charge is 0.317 e. The van der Waals surface area contributed by atoms with Gasteiger partial charge in [-0.05, 0) is 31.8 Å². The Hall–Kier alpha value is -0.140. The minimum Gasteiger partial charge on any atom is -0.317 e. The van der Waals surface area contributed by atoms with Crippen LogP contribution < -0.4 is 5.32 Å². The molecule has 0 bridgehead atoms. The molecular formula is C6H12NO2P. The van der Waals surface area contributed by atoms with Crippen molar-refractivity contribution < 1.29 is 9.13 Å². The molecule has 4 heteroatoms. The third-order valence-corrected chi connectivity index (χ3v) is 2.68. The fraction of sp³-hybridized carbons (Fsp3) is 1.00. The smallest absolute Gasteiger partial charge is 0.315 e. The van der Waals surface area contributed by atoms with Gasteiger partial charge in [-0.3, -0.25) is 0 Å². The highest BCUT2D eigenvalue weighted by Crippen LogP contribution is 2.19. The molecular weight excluding hydrogens is 149 g/mol. The van der Waals surface area contributed by atoms with Crippen LogP contribution in [0.15, 0.2) is 0 Å². The first kappa shape index (κ1) is 7.96. The van der Waals surface area contributed by atoms with Crippen molar-refractivity contribution >= 4 is 7.68 Å². The number of piperidine rings is 1. The number of rotatable bonds is 2. The summed E-state index contributed by atoms with van der Waals surface area (Å²) in [7, 11) is -2.15. The molecule has 1 fully saturated rings. The van der Waals surface area contributed by atoms with Gasteiger partial charge in [-0.2, -0.15) is 0 Å². The molecule has 1 aliphatic rings. The molecule has 1 rings (SSSR count). The fourth-order valence-corrected chi connectivity index (χ4v) is 2.06. The highest BCUT2D eigenvalue weighted by Gasteiger charge is 2.14. The van der Waals surface area contributed by atoms with E-state index in [1.165, 1.54) is 0 Å². The van der Waals surface area contributed by atoms with E-state index < -0.39 is 7.68 Å². The van der Waals surface area contributed by atoms with E-state index in [9.17, 15) is 9.13 Å². The molecule has 0 amide bonds. The Balaban J connectivity index is 2.26. The summed E-state index contributed by atoms with van der Waals surface area (Å²) in [6, 6.07) is 0. The quantitative estimate of drug-likeness (QED) is 0.618. The van der Waals surface area contributed by atoms with Crippen LogP contribution in [0.2, 0.25) is 0 Å². The number of hydrogen-bond acceptors (Lipinski definition) is 3. The Morgan fingerprint density at radius 3 is 2.40 bits per heavy atom. The summed E-state index contributed by atoms with van der Waals surface area (Å²) >= 11 is 0. The van der Waals surface area contributed by atoms with Gasteiger partial charge in [0, 0.05) is 0 Å². The maximum atomic E-state index is 10.3. The first-order chi connectivity index (χ1) is 4.79. The summed E-state index contributed by atoms with van der Waals surface area (Å²) in [6.45, 7) is 1.96.